The van der Waals surface area contributed by atoms with Crippen molar-refractivity contribution in [1.82, 2.24) is 29.9 Å². The highest BCUT2D eigenvalue weighted by atomic mass is 16.5. The maximum Gasteiger partial charge on any atom is 0.245 e. The highest BCUT2D eigenvalue weighted by molar-refractivity contribution is 5.94. The van der Waals surface area contributed by atoms with Gasteiger partial charge in [-0.2, -0.15) is 10.1 Å². The summed E-state index contributed by atoms with van der Waals surface area (Å²) < 4.78 is 12.8. The molecule has 0 aliphatic heterocycles. The molecule has 30 heavy (non-hydrogen) atoms. The first kappa shape index (κ1) is 19.8. The van der Waals surface area contributed by atoms with E-state index in [0.717, 1.165) is 33.7 Å². The lowest BCUT2D eigenvalue weighted by Crippen LogP contribution is -2.04. The number of fused-ring (bicyclic) bond motifs is 1. The number of nitrogens with zero attached hydrogens (tertiary/aromatic N) is 6. The number of aromatic nitrogens is 6. The summed E-state index contributed by atoms with van der Waals surface area (Å²) in [5.41, 5.74) is 4.24. The second-order valence-electron chi connectivity index (χ2n) is 7.30. The standard InChI is InChI=1S/C21H25N7O2/c1-6-29-21-14(8-7-9-22-21)15-10-16(23-11-17-24-13(4)27-30-17)18-19(12(2)3)26-28(5)20(18)25-15/h7-10,12H,6,11H2,1-5H3,(H,23,25). The molecule has 0 atom stereocenters. The number of hydrogen-bond donors (Lipinski definition) is 1. The summed E-state index contributed by atoms with van der Waals surface area (Å²) in [5.74, 6) is 1.92. The van der Waals surface area contributed by atoms with Crippen LogP contribution in [0.25, 0.3) is 22.3 Å². The highest BCUT2D eigenvalue weighted by Crippen LogP contribution is 2.35. The van der Waals surface area contributed by atoms with E-state index < -0.39 is 0 Å². The van der Waals surface area contributed by atoms with Crippen LogP contribution in [-0.2, 0) is 13.6 Å². The van der Waals surface area contributed by atoms with Gasteiger partial charge < -0.3 is 14.6 Å². The molecule has 0 fully saturated rings. The predicted molar refractivity (Wildman–Crippen MR) is 113 cm³/mol. The first-order valence-electron chi connectivity index (χ1n) is 9.96. The van der Waals surface area contributed by atoms with Crippen LogP contribution < -0.4 is 10.1 Å². The van der Waals surface area contributed by atoms with Gasteiger partial charge in [0, 0.05) is 18.9 Å². The molecular formula is C21H25N7O2. The van der Waals surface area contributed by atoms with E-state index >= 15 is 0 Å². The first-order valence-corrected chi connectivity index (χ1v) is 9.96. The van der Waals surface area contributed by atoms with Crippen LogP contribution in [0.3, 0.4) is 0 Å². The van der Waals surface area contributed by atoms with Crippen molar-refractivity contribution >= 4 is 16.7 Å². The summed E-state index contributed by atoms with van der Waals surface area (Å²) in [4.78, 5) is 13.5. The van der Waals surface area contributed by atoms with Crippen LogP contribution in [-0.4, -0.2) is 36.5 Å². The first-order chi connectivity index (χ1) is 14.5. The molecule has 1 N–H and O–H groups in total. The molecule has 9 nitrogen and oxygen atoms in total. The Balaban J connectivity index is 1.86. The second kappa shape index (κ2) is 8.10. The molecule has 0 spiro atoms. The van der Waals surface area contributed by atoms with Crippen LogP contribution in [0, 0.1) is 6.92 Å². The van der Waals surface area contributed by atoms with Crippen LogP contribution in [0.2, 0.25) is 0 Å². The van der Waals surface area contributed by atoms with Crippen LogP contribution in [0.5, 0.6) is 5.88 Å². The van der Waals surface area contributed by atoms with Crippen molar-refractivity contribution in [2.45, 2.75) is 40.2 Å². The molecule has 0 bridgehead atoms. The van der Waals surface area contributed by atoms with Crippen molar-refractivity contribution in [1.29, 1.82) is 0 Å². The van der Waals surface area contributed by atoms with Gasteiger partial charge in [-0.05, 0) is 38.0 Å². The van der Waals surface area contributed by atoms with Gasteiger partial charge in [0.15, 0.2) is 11.5 Å². The zero-order valence-corrected chi connectivity index (χ0v) is 17.8. The number of anilines is 1. The van der Waals surface area contributed by atoms with Crippen molar-refractivity contribution in [3.63, 3.8) is 0 Å². The number of aryl methyl sites for hydroxylation is 2. The monoisotopic (exact) mass is 407 g/mol. The minimum absolute atomic E-state index is 0.241. The minimum atomic E-state index is 0.241. The Bertz CT molecular complexity index is 1180. The fraction of sp³-hybridized carbons (Fsp3) is 0.381. The van der Waals surface area contributed by atoms with Gasteiger partial charge in [-0.15, -0.1) is 0 Å². The Morgan fingerprint density at radius 3 is 2.80 bits per heavy atom. The van der Waals surface area contributed by atoms with Crippen molar-refractivity contribution in [3.05, 3.63) is 41.8 Å². The molecule has 0 amide bonds. The van der Waals surface area contributed by atoms with E-state index in [2.05, 4.69) is 34.3 Å². The highest BCUT2D eigenvalue weighted by Gasteiger charge is 2.20. The Morgan fingerprint density at radius 2 is 2.10 bits per heavy atom. The molecule has 0 saturated heterocycles. The van der Waals surface area contributed by atoms with Gasteiger partial charge in [-0.3, -0.25) is 4.68 Å². The van der Waals surface area contributed by atoms with Crippen molar-refractivity contribution in [2.75, 3.05) is 11.9 Å². The summed E-state index contributed by atoms with van der Waals surface area (Å²) in [5, 5.41) is 13.0. The number of rotatable bonds is 7. The van der Waals surface area contributed by atoms with E-state index in [-0.39, 0.29) is 5.92 Å². The molecule has 0 aliphatic rings. The average molecular weight is 407 g/mol. The second-order valence-corrected chi connectivity index (χ2v) is 7.30. The summed E-state index contributed by atoms with van der Waals surface area (Å²) >= 11 is 0. The Kier molecular flexibility index (Phi) is 5.35. The van der Waals surface area contributed by atoms with Crippen molar-refractivity contribution in [2.24, 2.45) is 7.05 Å². The van der Waals surface area contributed by atoms with Crippen molar-refractivity contribution in [3.8, 4) is 17.1 Å². The summed E-state index contributed by atoms with van der Waals surface area (Å²) in [6, 6.07) is 5.83. The smallest absolute Gasteiger partial charge is 0.245 e. The summed E-state index contributed by atoms with van der Waals surface area (Å²) in [7, 11) is 1.91. The summed E-state index contributed by atoms with van der Waals surface area (Å²) in [6.07, 6.45) is 1.71. The lowest BCUT2D eigenvalue weighted by Gasteiger charge is -2.12. The van der Waals surface area contributed by atoms with E-state index in [4.69, 9.17) is 19.3 Å². The number of hydrogen-bond acceptors (Lipinski definition) is 8. The molecule has 156 valence electrons. The topological polar surface area (TPSA) is 104 Å². The zero-order valence-electron chi connectivity index (χ0n) is 17.8. The van der Waals surface area contributed by atoms with Gasteiger partial charge in [-0.1, -0.05) is 19.0 Å². The largest absolute Gasteiger partial charge is 0.477 e. The molecule has 4 aromatic heterocycles. The van der Waals surface area contributed by atoms with Crippen LogP contribution in [0.15, 0.2) is 28.9 Å². The van der Waals surface area contributed by atoms with E-state index in [9.17, 15) is 0 Å². The molecule has 0 aliphatic carbocycles. The van der Waals surface area contributed by atoms with Gasteiger partial charge in [0.2, 0.25) is 11.8 Å². The normalized spacial score (nSPS) is 11.4. The fourth-order valence-electron chi connectivity index (χ4n) is 3.38. The molecule has 4 rings (SSSR count). The lowest BCUT2D eigenvalue weighted by molar-refractivity contribution is 0.328. The molecule has 0 radical (unpaired) electrons. The zero-order chi connectivity index (χ0) is 21.3. The van der Waals surface area contributed by atoms with Crippen LogP contribution in [0.1, 0.15) is 44.1 Å². The Labute approximate surface area is 174 Å². The molecule has 4 heterocycles. The maximum atomic E-state index is 5.72. The number of nitrogens with one attached hydrogen (secondary N) is 1. The third-order valence-electron chi connectivity index (χ3n) is 4.70. The van der Waals surface area contributed by atoms with E-state index in [0.29, 0.717) is 30.7 Å². The van der Waals surface area contributed by atoms with Gasteiger partial charge in [0.1, 0.15) is 0 Å². The fourth-order valence-corrected chi connectivity index (χ4v) is 3.38. The van der Waals surface area contributed by atoms with Gasteiger partial charge in [0.25, 0.3) is 0 Å². The van der Waals surface area contributed by atoms with E-state index in [1.54, 1.807) is 13.1 Å². The van der Waals surface area contributed by atoms with Gasteiger partial charge in [0.05, 0.1) is 35.5 Å². The van der Waals surface area contributed by atoms with Crippen LogP contribution >= 0.6 is 0 Å². The Hall–Kier alpha value is -3.49. The quantitative estimate of drug-likeness (QED) is 0.493. The third kappa shape index (κ3) is 3.70. The van der Waals surface area contributed by atoms with Crippen LogP contribution in [0.4, 0.5) is 5.69 Å². The van der Waals surface area contributed by atoms with Crippen molar-refractivity contribution < 1.29 is 9.26 Å². The molecule has 0 unspecified atom stereocenters. The van der Waals surface area contributed by atoms with E-state index in [1.165, 1.54) is 0 Å². The molecule has 9 heteroatoms. The maximum absolute atomic E-state index is 5.72. The van der Waals surface area contributed by atoms with Gasteiger partial charge >= 0.3 is 0 Å². The summed E-state index contributed by atoms with van der Waals surface area (Å²) in [6.45, 7) is 8.90. The molecule has 4 aromatic rings. The average Bonchev–Trinajstić information content (AvgIpc) is 3.30. The number of ether oxygens (including phenoxy) is 1. The number of pyridine rings is 2. The minimum Gasteiger partial charge on any atom is -0.477 e. The molecule has 0 saturated carbocycles. The predicted octanol–water partition coefficient (Wildman–Crippen LogP) is 3.86. The molecular weight excluding hydrogens is 382 g/mol. The van der Waals surface area contributed by atoms with Gasteiger partial charge in [-0.25, -0.2) is 9.97 Å². The van der Waals surface area contributed by atoms with E-state index in [1.807, 2.05) is 36.9 Å². The Morgan fingerprint density at radius 1 is 1.27 bits per heavy atom. The third-order valence-corrected chi connectivity index (χ3v) is 4.70. The SMILES string of the molecule is CCOc1ncccc1-c1cc(NCc2nc(C)no2)c2c(C(C)C)nn(C)c2n1. The lowest BCUT2D eigenvalue weighted by atomic mass is 10.0. The molecule has 0 aromatic carbocycles.